The van der Waals surface area contributed by atoms with E-state index in [0.29, 0.717) is 12.5 Å². The van der Waals surface area contributed by atoms with E-state index < -0.39 is 0 Å². The third kappa shape index (κ3) is 7.27. The van der Waals surface area contributed by atoms with Crippen molar-refractivity contribution in [3.8, 4) is 0 Å². The Balaban J connectivity index is 0.00000264. The van der Waals surface area contributed by atoms with Crippen molar-refractivity contribution in [3.05, 3.63) is 34.9 Å². The normalized spacial score (nSPS) is 16.7. The smallest absolute Gasteiger partial charge is 0.191 e. The lowest BCUT2D eigenvalue weighted by Crippen LogP contribution is -2.41. The van der Waals surface area contributed by atoms with Crippen LogP contribution in [0.2, 0.25) is 5.02 Å². The molecule has 6 heteroatoms. The number of nitrogens with zero attached hydrogens (tertiary/aromatic N) is 2. The van der Waals surface area contributed by atoms with Crippen LogP contribution in [0.25, 0.3) is 0 Å². The Morgan fingerprint density at radius 2 is 1.96 bits per heavy atom. The molecular formula is C17H28ClIN4. The number of hydrogen-bond donors (Lipinski definition) is 2. The number of rotatable bonds is 6. The lowest BCUT2D eigenvalue weighted by molar-refractivity contribution is 0.287. The number of benzene rings is 1. The number of halogens is 2. The molecule has 0 aromatic heterocycles. The van der Waals surface area contributed by atoms with Crippen LogP contribution < -0.4 is 10.6 Å². The third-order valence-corrected chi connectivity index (χ3v) is 4.38. The Bertz CT molecular complexity index is 489. The minimum atomic E-state index is 0. The van der Waals surface area contributed by atoms with Crippen LogP contribution >= 0.6 is 35.6 Å². The Hall–Kier alpha value is -0.530. The van der Waals surface area contributed by atoms with Crippen molar-refractivity contribution in [2.45, 2.75) is 26.3 Å². The minimum absolute atomic E-state index is 0. The quantitative estimate of drug-likeness (QED) is 0.397. The molecule has 1 saturated heterocycles. The van der Waals surface area contributed by atoms with Crippen molar-refractivity contribution >= 4 is 41.5 Å². The molecule has 1 aliphatic heterocycles. The Labute approximate surface area is 162 Å². The number of hydrogen-bond acceptors (Lipinski definition) is 2. The van der Waals surface area contributed by atoms with E-state index in [2.05, 4.69) is 27.4 Å². The van der Waals surface area contributed by atoms with Gasteiger partial charge in [0.05, 0.1) is 0 Å². The van der Waals surface area contributed by atoms with Crippen LogP contribution in [0.5, 0.6) is 0 Å². The second-order valence-corrected chi connectivity index (χ2v) is 6.42. The molecule has 1 heterocycles. The summed E-state index contributed by atoms with van der Waals surface area (Å²) in [6.07, 6.45) is 2.70. The molecule has 0 aliphatic carbocycles. The fraction of sp³-hybridized carbons (Fsp3) is 0.588. The van der Waals surface area contributed by atoms with Crippen LogP contribution in [0.4, 0.5) is 0 Å². The molecule has 1 fully saturated rings. The molecule has 0 radical (unpaired) electrons. The van der Waals surface area contributed by atoms with Crippen molar-refractivity contribution in [2.75, 3.05) is 33.2 Å². The Kier molecular flexibility index (Phi) is 9.90. The molecule has 1 atom stereocenters. The highest BCUT2D eigenvalue weighted by molar-refractivity contribution is 14.0. The van der Waals surface area contributed by atoms with Crippen molar-refractivity contribution in [1.29, 1.82) is 0 Å². The summed E-state index contributed by atoms with van der Waals surface area (Å²) in [5.41, 5.74) is 1.08. The van der Waals surface area contributed by atoms with Gasteiger partial charge in [-0.15, -0.1) is 24.0 Å². The van der Waals surface area contributed by atoms with Crippen LogP contribution in [0.15, 0.2) is 29.3 Å². The van der Waals surface area contributed by atoms with Crippen LogP contribution in [0, 0.1) is 5.92 Å². The summed E-state index contributed by atoms with van der Waals surface area (Å²) in [6.45, 7) is 7.56. The number of nitrogens with one attached hydrogen (secondary N) is 2. The molecule has 0 amide bonds. The largest absolute Gasteiger partial charge is 0.356 e. The molecule has 130 valence electrons. The van der Waals surface area contributed by atoms with Gasteiger partial charge in [-0.1, -0.05) is 36.7 Å². The summed E-state index contributed by atoms with van der Waals surface area (Å²) in [4.78, 5) is 6.82. The maximum atomic E-state index is 6.17. The van der Waals surface area contributed by atoms with Gasteiger partial charge in [0.25, 0.3) is 0 Å². The molecule has 1 aliphatic rings. The van der Waals surface area contributed by atoms with E-state index in [1.54, 1.807) is 7.05 Å². The van der Waals surface area contributed by atoms with Gasteiger partial charge in [-0.25, -0.2) is 0 Å². The summed E-state index contributed by atoms with van der Waals surface area (Å²) < 4.78 is 0. The van der Waals surface area contributed by atoms with E-state index in [-0.39, 0.29) is 24.0 Å². The van der Waals surface area contributed by atoms with Crippen molar-refractivity contribution < 1.29 is 0 Å². The first-order valence-electron chi connectivity index (χ1n) is 8.09. The molecule has 0 bridgehead atoms. The average Bonchev–Trinajstić information content (AvgIpc) is 3.02. The van der Waals surface area contributed by atoms with E-state index in [0.717, 1.165) is 29.6 Å². The predicted octanol–water partition coefficient (Wildman–Crippen LogP) is 3.35. The zero-order valence-electron chi connectivity index (χ0n) is 14.0. The molecule has 4 nitrogen and oxygen atoms in total. The van der Waals surface area contributed by atoms with Crippen LogP contribution in [-0.2, 0) is 6.54 Å². The van der Waals surface area contributed by atoms with Gasteiger partial charge in [-0.05, 0) is 43.5 Å². The van der Waals surface area contributed by atoms with E-state index in [1.165, 1.54) is 25.9 Å². The van der Waals surface area contributed by atoms with E-state index >= 15 is 0 Å². The predicted molar refractivity (Wildman–Crippen MR) is 110 cm³/mol. The zero-order chi connectivity index (χ0) is 15.8. The zero-order valence-corrected chi connectivity index (χ0v) is 17.1. The van der Waals surface area contributed by atoms with E-state index in [4.69, 9.17) is 11.6 Å². The minimum Gasteiger partial charge on any atom is -0.356 e. The summed E-state index contributed by atoms with van der Waals surface area (Å²) in [7, 11) is 1.80. The van der Waals surface area contributed by atoms with E-state index in [1.807, 2.05) is 24.3 Å². The number of aliphatic imine (C=N–C) groups is 1. The fourth-order valence-corrected chi connectivity index (χ4v) is 2.99. The topological polar surface area (TPSA) is 39.7 Å². The highest BCUT2D eigenvalue weighted by atomic mass is 127. The lowest BCUT2D eigenvalue weighted by atomic mass is 10.1. The van der Waals surface area contributed by atoms with Crippen molar-refractivity contribution in [2.24, 2.45) is 10.9 Å². The van der Waals surface area contributed by atoms with Gasteiger partial charge < -0.3 is 15.5 Å². The summed E-state index contributed by atoms with van der Waals surface area (Å²) in [6, 6.07) is 7.88. The first kappa shape index (κ1) is 20.5. The molecule has 0 spiro atoms. The summed E-state index contributed by atoms with van der Waals surface area (Å²) in [5, 5.41) is 7.50. The van der Waals surface area contributed by atoms with Crippen LogP contribution in [0.1, 0.15) is 25.3 Å². The van der Waals surface area contributed by atoms with Gasteiger partial charge in [-0.3, -0.25) is 4.99 Å². The first-order chi connectivity index (χ1) is 10.7. The van der Waals surface area contributed by atoms with Gasteiger partial charge in [0.2, 0.25) is 0 Å². The monoisotopic (exact) mass is 450 g/mol. The average molecular weight is 451 g/mol. The van der Waals surface area contributed by atoms with Gasteiger partial charge >= 0.3 is 0 Å². The Morgan fingerprint density at radius 3 is 2.61 bits per heavy atom. The number of guanidine groups is 1. The molecule has 2 rings (SSSR count). The molecule has 23 heavy (non-hydrogen) atoms. The second-order valence-electron chi connectivity index (χ2n) is 6.01. The highest BCUT2D eigenvalue weighted by Crippen LogP contribution is 2.14. The maximum absolute atomic E-state index is 6.17. The fourth-order valence-electron chi connectivity index (χ4n) is 2.78. The third-order valence-electron chi connectivity index (χ3n) is 4.01. The highest BCUT2D eigenvalue weighted by Gasteiger charge is 2.14. The molecule has 1 aromatic carbocycles. The molecule has 2 N–H and O–H groups in total. The standard InChI is InChI=1S/C17H27ClN4.HI/c1-14(13-22-9-5-6-10-22)11-20-17(19-2)21-12-15-7-3-4-8-16(15)18;/h3-4,7-8,14H,5-6,9-13H2,1-2H3,(H2,19,20,21);1H. The molecule has 1 aromatic rings. The van der Waals surface area contributed by atoms with Gasteiger partial charge in [0.15, 0.2) is 5.96 Å². The van der Waals surface area contributed by atoms with Gasteiger partial charge in [0, 0.05) is 31.7 Å². The first-order valence-corrected chi connectivity index (χ1v) is 8.47. The van der Waals surface area contributed by atoms with Gasteiger partial charge in [-0.2, -0.15) is 0 Å². The van der Waals surface area contributed by atoms with Crippen LogP contribution in [-0.4, -0.2) is 44.1 Å². The Morgan fingerprint density at radius 1 is 1.26 bits per heavy atom. The maximum Gasteiger partial charge on any atom is 0.191 e. The molecular weight excluding hydrogens is 423 g/mol. The second kappa shape index (κ2) is 11.1. The SMILES string of the molecule is CN=C(NCc1ccccc1Cl)NCC(C)CN1CCCC1.I. The van der Waals surface area contributed by atoms with E-state index in [9.17, 15) is 0 Å². The van der Waals surface area contributed by atoms with Crippen molar-refractivity contribution in [3.63, 3.8) is 0 Å². The van der Waals surface area contributed by atoms with Crippen molar-refractivity contribution in [1.82, 2.24) is 15.5 Å². The van der Waals surface area contributed by atoms with Crippen LogP contribution in [0.3, 0.4) is 0 Å². The summed E-state index contributed by atoms with van der Waals surface area (Å²) >= 11 is 6.17. The molecule has 1 unspecified atom stereocenters. The van der Waals surface area contributed by atoms with Gasteiger partial charge in [0.1, 0.15) is 0 Å². The summed E-state index contributed by atoms with van der Waals surface area (Å²) in [5.74, 6) is 1.44. The number of likely N-dealkylation sites (tertiary alicyclic amines) is 1. The lowest BCUT2D eigenvalue weighted by Gasteiger charge is -2.21. The molecule has 0 saturated carbocycles.